The number of nitrogens with zero attached hydrogens (tertiary/aromatic N) is 3. The molecular formula is C18H14F3N5O. The van der Waals surface area contributed by atoms with Gasteiger partial charge in [-0.1, -0.05) is 18.2 Å². The predicted molar refractivity (Wildman–Crippen MR) is 92.2 cm³/mol. The van der Waals surface area contributed by atoms with Crippen molar-refractivity contribution in [3.63, 3.8) is 0 Å². The molecule has 1 aromatic carbocycles. The van der Waals surface area contributed by atoms with Gasteiger partial charge in [0.1, 0.15) is 0 Å². The van der Waals surface area contributed by atoms with Crippen LogP contribution >= 0.6 is 0 Å². The topological polar surface area (TPSA) is 79.8 Å². The van der Waals surface area contributed by atoms with Crippen molar-refractivity contribution < 1.29 is 18.0 Å². The van der Waals surface area contributed by atoms with Gasteiger partial charge < -0.3 is 10.6 Å². The fourth-order valence-corrected chi connectivity index (χ4v) is 2.26. The summed E-state index contributed by atoms with van der Waals surface area (Å²) in [5, 5.41) is 5.21. The molecule has 27 heavy (non-hydrogen) atoms. The monoisotopic (exact) mass is 373 g/mol. The highest BCUT2D eigenvalue weighted by Crippen LogP contribution is 2.35. The lowest BCUT2D eigenvalue weighted by Crippen LogP contribution is -2.23. The molecule has 0 spiro atoms. The average Bonchev–Trinajstić information content (AvgIpc) is 2.67. The van der Waals surface area contributed by atoms with Gasteiger partial charge in [-0.25, -0.2) is 9.97 Å². The average molecular weight is 373 g/mol. The number of amides is 1. The number of carbonyl (C=O) groups is 1. The van der Waals surface area contributed by atoms with Crippen LogP contribution in [0.25, 0.3) is 0 Å². The van der Waals surface area contributed by atoms with Crippen molar-refractivity contribution in [2.45, 2.75) is 12.7 Å². The molecule has 3 aromatic rings. The SMILES string of the molecule is O=C(NCc1cccnc1)c1cnc(Nc2ccccc2C(F)(F)F)nc1. The molecule has 3 rings (SSSR count). The molecule has 0 aliphatic heterocycles. The molecule has 0 atom stereocenters. The van der Waals surface area contributed by atoms with E-state index in [0.29, 0.717) is 0 Å². The van der Waals surface area contributed by atoms with Gasteiger partial charge in [0.05, 0.1) is 16.8 Å². The van der Waals surface area contributed by atoms with Gasteiger partial charge in [-0.15, -0.1) is 0 Å². The number of benzene rings is 1. The lowest BCUT2D eigenvalue weighted by molar-refractivity contribution is -0.136. The van der Waals surface area contributed by atoms with Gasteiger partial charge in [0.2, 0.25) is 5.95 Å². The maximum absolute atomic E-state index is 13.0. The molecule has 0 saturated carbocycles. The Balaban J connectivity index is 1.66. The fourth-order valence-electron chi connectivity index (χ4n) is 2.26. The first-order chi connectivity index (χ1) is 12.9. The molecule has 2 heterocycles. The minimum Gasteiger partial charge on any atom is -0.348 e. The molecule has 6 nitrogen and oxygen atoms in total. The zero-order valence-corrected chi connectivity index (χ0v) is 13.9. The van der Waals surface area contributed by atoms with Crippen molar-refractivity contribution in [2.24, 2.45) is 0 Å². The molecule has 0 fully saturated rings. The van der Waals surface area contributed by atoms with Gasteiger partial charge in [0, 0.05) is 31.3 Å². The number of alkyl halides is 3. The number of para-hydroxylation sites is 1. The highest BCUT2D eigenvalue weighted by Gasteiger charge is 2.33. The van der Waals surface area contributed by atoms with Gasteiger partial charge >= 0.3 is 6.18 Å². The van der Waals surface area contributed by atoms with Gasteiger partial charge in [-0.2, -0.15) is 13.2 Å². The molecule has 0 aliphatic rings. The van der Waals surface area contributed by atoms with Crippen LogP contribution in [-0.2, 0) is 12.7 Å². The lowest BCUT2D eigenvalue weighted by Gasteiger charge is -2.13. The van der Waals surface area contributed by atoms with Crippen LogP contribution in [0.15, 0.2) is 61.2 Å². The van der Waals surface area contributed by atoms with Crippen LogP contribution in [-0.4, -0.2) is 20.9 Å². The summed E-state index contributed by atoms with van der Waals surface area (Å²) < 4.78 is 39.0. The first kappa shape index (κ1) is 18.3. The Morgan fingerprint density at radius 3 is 2.41 bits per heavy atom. The second kappa shape index (κ2) is 7.81. The second-order valence-electron chi connectivity index (χ2n) is 5.51. The number of pyridine rings is 1. The minimum absolute atomic E-state index is 0.0458. The van der Waals surface area contributed by atoms with Crippen LogP contribution in [0.2, 0.25) is 0 Å². The molecule has 0 aliphatic carbocycles. The van der Waals surface area contributed by atoms with Gasteiger partial charge in [0.15, 0.2) is 0 Å². The van der Waals surface area contributed by atoms with E-state index in [1.807, 2.05) is 6.07 Å². The zero-order valence-electron chi connectivity index (χ0n) is 13.9. The molecule has 0 unspecified atom stereocenters. The summed E-state index contributed by atoms with van der Waals surface area (Å²) in [6.45, 7) is 0.283. The van der Waals surface area contributed by atoms with Crippen LogP contribution in [0.5, 0.6) is 0 Å². The third kappa shape index (κ3) is 4.78. The summed E-state index contributed by atoms with van der Waals surface area (Å²) in [5.74, 6) is -0.448. The number of nitrogens with one attached hydrogen (secondary N) is 2. The molecule has 138 valence electrons. The van der Waals surface area contributed by atoms with Crippen molar-refractivity contribution in [3.8, 4) is 0 Å². The molecule has 0 bridgehead atoms. The van der Waals surface area contributed by atoms with Crippen LogP contribution in [0, 0.1) is 0 Å². The van der Waals surface area contributed by atoms with Crippen molar-refractivity contribution in [2.75, 3.05) is 5.32 Å². The molecule has 2 N–H and O–H groups in total. The highest BCUT2D eigenvalue weighted by molar-refractivity contribution is 5.93. The molecule has 2 aromatic heterocycles. The fraction of sp³-hybridized carbons (Fsp3) is 0.111. The summed E-state index contributed by atoms with van der Waals surface area (Å²) in [6.07, 6.45) is 1.23. The summed E-state index contributed by atoms with van der Waals surface area (Å²) in [6, 6.07) is 8.57. The van der Waals surface area contributed by atoms with Crippen molar-refractivity contribution in [1.29, 1.82) is 0 Å². The third-order valence-electron chi connectivity index (χ3n) is 3.57. The Kier molecular flexibility index (Phi) is 5.30. The number of rotatable bonds is 5. The van der Waals surface area contributed by atoms with E-state index < -0.39 is 17.6 Å². The predicted octanol–water partition coefficient (Wildman–Crippen LogP) is 3.56. The smallest absolute Gasteiger partial charge is 0.348 e. The number of aromatic nitrogens is 3. The first-order valence-electron chi connectivity index (χ1n) is 7.86. The lowest BCUT2D eigenvalue weighted by atomic mass is 10.1. The highest BCUT2D eigenvalue weighted by atomic mass is 19.4. The Morgan fingerprint density at radius 2 is 1.74 bits per heavy atom. The van der Waals surface area contributed by atoms with E-state index in [4.69, 9.17) is 0 Å². The van der Waals surface area contributed by atoms with Crippen molar-refractivity contribution in [1.82, 2.24) is 20.3 Å². The van der Waals surface area contributed by atoms with Gasteiger partial charge in [-0.05, 0) is 23.8 Å². The number of anilines is 2. The number of carbonyl (C=O) groups excluding carboxylic acids is 1. The summed E-state index contributed by atoms with van der Waals surface area (Å²) in [4.78, 5) is 23.9. The Morgan fingerprint density at radius 1 is 1.00 bits per heavy atom. The maximum Gasteiger partial charge on any atom is 0.418 e. The summed E-state index contributed by atoms with van der Waals surface area (Å²) in [7, 11) is 0. The van der Waals surface area contributed by atoms with Crippen LogP contribution in [0.4, 0.5) is 24.8 Å². The van der Waals surface area contributed by atoms with Gasteiger partial charge in [0.25, 0.3) is 5.91 Å². The van der Waals surface area contributed by atoms with Gasteiger partial charge in [-0.3, -0.25) is 9.78 Å². The number of hydrogen-bond donors (Lipinski definition) is 2. The van der Waals surface area contributed by atoms with E-state index in [-0.39, 0.29) is 23.7 Å². The molecule has 0 radical (unpaired) electrons. The molecular weight excluding hydrogens is 359 g/mol. The second-order valence-corrected chi connectivity index (χ2v) is 5.51. The first-order valence-corrected chi connectivity index (χ1v) is 7.86. The summed E-state index contributed by atoms with van der Waals surface area (Å²) >= 11 is 0. The van der Waals surface area contributed by atoms with Crippen molar-refractivity contribution >= 4 is 17.5 Å². The Labute approximate surface area is 152 Å². The normalized spacial score (nSPS) is 11.1. The minimum atomic E-state index is -4.50. The van der Waals surface area contributed by atoms with E-state index in [1.54, 1.807) is 18.5 Å². The zero-order chi connectivity index (χ0) is 19.3. The number of hydrogen-bond acceptors (Lipinski definition) is 5. The number of halogens is 3. The van der Waals surface area contributed by atoms with E-state index >= 15 is 0 Å². The van der Waals surface area contributed by atoms with Crippen LogP contribution < -0.4 is 10.6 Å². The maximum atomic E-state index is 13.0. The van der Waals surface area contributed by atoms with Crippen LogP contribution in [0.1, 0.15) is 21.5 Å². The van der Waals surface area contributed by atoms with Crippen molar-refractivity contribution in [3.05, 3.63) is 77.9 Å². The molecule has 9 heteroatoms. The Bertz CT molecular complexity index is 914. The van der Waals surface area contributed by atoms with Crippen LogP contribution in [0.3, 0.4) is 0 Å². The third-order valence-corrected chi connectivity index (χ3v) is 3.57. The van der Waals surface area contributed by atoms with E-state index in [0.717, 1.165) is 11.6 Å². The molecule has 1 amide bonds. The summed E-state index contributed by atoms with van der Waals surface area (Å²) in [5.41, 5.74) is 0.0213. The standard InChI is InChI=1S/C18H14F3N5O/c19-18(20,21)14-5-1-2-6-15(14)26-17-24-10-13(11-25-17)16(27)23-9-12-4-3-7-22-8-12/h1-8,10-11H,9H2,(H,23,27)(H,24,25,26). The van der Waals surface area contributed by atoms with E-state index in [1.165, 1.54) is 30.6 Å². The molecule has 0 saturated heterocycles. The Hall–Kier alpha value is -3.49. The van der Waals surface area contributed by atoms with E-state index in [2.05, 4.69) is 25.6 Å². The largest absolute Gasteiger partial charge is 0.418 e. The van der Waals surface area contributed by atoms with E-state index in [9.17, 15) is 18.0 Å². The quantitative estimate of drug-likeness (QED) is 0.715.